The van der Waals surface area contributed by atoms with Gasteiger partial charge in [-0.15, -0.1) is 0 Å². The molecule has 0 saturated carbocycles. The van der Waals surface area contributed by atoms with E-state index in [9.17, 15) is 0 Å². The smallest absolute Gasteiger partial charge is 0.0642 e. The molecule has 0 radical (unpaired) electrons. The minimum Gasteiger partial charge on any atom is -0.378 e. The summed E-state index contributed by atoms with van der Waals surface area (Å²) in [7, 11) is 0. The van der Waals surface area contributed by atoms with Crippen LogP contribution in [-0.2, 0) is 4.74 Å². The number of allylic oxidation sites excluding steroid dienone is 2. The highest BCUT2D eigenvalue weighted by atomic mass is 35.5. The number of benzene rings is 2. The van der Waals surface area contributed by atoms with E-state index in [0.717, 1.165) is 57.8 Å². The summed E-state index contributed by atoms with van der Waals surface area (Å²) in [5, 5.41) is 9.75. The summed E-state index contributed by atoms with van der Waals surface area (Å²) in [6.07, 6.45) is 7.78. The molecule has 7 heteroatoms. The normalized spacial score (nSPS) is 17.9. The van der Waals surface area contributed by atoms with E-state index in [4.69, 9.17) is 27.9 Å². The summed E-state index contributed by atoms with van der Waals surface area (Å²) in [4.78, 5) is 4.78. The monoisotopic (exact) mass is 510 g/mol. The van der Waals surface area contributed by atoms with E-state index in [0.29, 0.717) is 10.0 Å². The molecule has 2 aliphatic rings. The van der Waals surface area contributed by atoms with Gasteiger partial charge in [-0.25, -0.2) is 0 Å². The zero-order valence-corrected chi connectivity index (χ0v) is 21.9. The molecule has 1 fully saturated rings. The first-order chi connectivity index (χ1) is 17.1. The van der Waals surface area contributed by atoms with E-state index in [2.05, 4.69) is 64.2 Å². The Morgan fingerprint density at radius 1 is 0.943 bits per heavy atom. The van der Waals surface area contributed by atoms with Crippen LogP contribution in [0.15, 0.2) is 69.5 Å². The topological polar surface area (TPSA) is 40.4 Å². The Balaban J connectivity index is 1.57. The van der Waals surface area contributed by atoms with Crippen LogP contribution < -0.4 is 4.90 Å². The fourth-order valence-corrected chi connectivity index (χ4v) is 5.01. The van der Waals surface area contributed by atoms with E-state index in [1.54, 1.807) is 18.3 Å². The number of morpholine rings is 1. The van der Waals surface area contributed by atoms with Gasteiger partial charge >= 0.3 is 0 Å². The predicted octanol–water partition coefficient (Wildman–Crippen LogP) is 6.71. The van der Waals surface area contributed by atoms with Crippen LogP contribution in [0.4, 0.5) is 5.69 Å². The van der Waals surface area contributed by atoms with Crippen LogP contribution >= 0.6 is 23.2 Å². The highest BCUT2D eigenvalue weighted by Gasteiger charge is 2.25. The van der Waals surface area contributed by atoms with Gasteiger partial charge in [0.15, 0.2) is 0 Å². The largest absolute Gasteiger partial charge is 0.378 e. The molecule has 0 unspecified atom stereocenters. The lowest BCUT2D eigenvalue weighted by molar-refractivity contribution is 0.0548. The molecule has 0 aromatic heterocycles. The molecule has 0 N–H and O–H groups in total. The van der Waals surface area contributed by atoms with Gasteiger partial charge < -0.3 is 14.5 Å². The fourth-order valence-electron chi connectivity index (χ4n) is 4.55. The molecule has 4 rings (SSSR count). The second kappa shape index (κ2) is 12.4. The van der Waals surface area contributed by atoms with Crippen LogP contribution in [0.25, 0.3) is 6.08 Å². The highest BCUT2D eigenvalue weighted by molar-refractivity contribution is 6.36. The number of nitrogens with zero attached hydrogens (tertiary/aromatic N) is 4. The molecule has 0 amide bonds. The Kier molecular flexibility index (Phi) is 9.02. The molecule has 1 aliphatic carbocycles. The van der Waals surface area contributed by atoms with Gasteiger partial charge in [0, 0.05) is 48.1 Å². The minimum atomic E-state index is 0.558. The first-order valence-corrected chi connectivity index (χ1v) is 13.0. The SMILES string of the molecule is CCN(CC)c1ccc(/C=C2\CCC(/C=N\N=C/c3ccc(Cl)cc3Cl)=C2N2CCOCC2)cc1. The number of rotatable bonds is 8. The van der Waals surface area contributed by atoms with E-state index < -0.39 is 0 Å². The summed E-state index contributed by atoms with van der Waals surface area (Å²) in [6.45, 7) is 9.65. The summed E-state index contributed by atoms with van der Waals surface area (Å²) in [5.74, 6) is 0. The molecule has 2 aromatic rings. The summed E-state index contributed by atoms with van der Waals surface area (Å²) in [6, 6.07) is 14.2. The third kappa shape index (κ3) is 6.54. The van der Waals surface area contributed by atoms with Crippen molar-refractivity contribution < 1.29 is 4.74 Å². The standard InChI is InChI=1S/C28H32Cl2N4O/c1-3-33(4-2)26-11-5-21(6-12-26)17-22-7-8-24(28(22)34-13-15-35-16-14-34)20-32-31-19-23-9-10-25(29)18-27(23)30/h5-6,9-12,17-20H,3-4,7-8,13-16H2,1-2H3/b22-17+,31-19-,32-20-. The van der Waals surface area contributed by atoms with Crippen molar-refractivity contribution in [2.24, 2.45) is 10.2 Å². The average molecular weight is 511 g/mol. The van der Waals surface area contributed by atoms with Crippen molar-refractivity contribution in [1.82, 2.24) is 4.90 Å². The maximum Gasteiger partial charge on any atom is 0.0642 e. The predicted molar refractivity (Wildman–Crippen MR) is 149 cm³/mol. The quantitative estimate of drug-likeness (QED) is 0.292. The zero-order chi connectivity index (χ0) is 24.6. The van der Waals surface area contributed by atoms with Gasteiger partial charge in [-0.05, 0) is 73.7 Å². The van der Waals surface area contributed by atoms with Crippen LogP contribution in [0, 0.1) is 0 Å². The van der Waals surface area contributed by atoms with Gasteiger partial charge in [0.1, 0.15) is 0 Å². The van der Waals surface area contributed by atoms with Crippen molar-refractivity contribution in [2.45, 2.75) is 26.7 Å². The molecule has 0 spiro atoms. The average Bonchev–Trinajstić information content (AvgIpc) is 3.27. The van der Waals surface area contributed by atoms with Crippen LogP contribution in [0.2, 0.25) is 10.0 Å². The number of halogens is 2. The molecular formula is C28H32Cl2N4O. The molecular weight excluding hydrogens is 479 g/mol. The van der Waals surface area contributed by atoms with Crippen LogP contribution in [0.1, 0.15) is 37.8 Å². The third-order valence-corrected chi connectivity index (χ3v) is 6.96. The number of anilines is 1. The first kappa shape index (κ1) is 25.5. The van der Waals surface area contributed by atoms with E-state index in [1.807, 2.05) is 12.3 Å². The van der Waals surface area contributed by atoms with Gasteiger partial charge in [-0.1, -0.05) is 41.4 Å². The molecule has 35 heavy (non-hydrogen) atoms. The summed E-state index contributed by atoms with van der Waals surface area (Å²) in [5.41, 5.74) is 7.08. The lowest BCUT2D eigenvalue weighted by Crippen LogP contribution is -2.36. The first-order valence-electron chi connectivity index (χ1n) is 12.2. The van der Waals surface area contributed by atoms with Crippen molar-refractivity contribution in [2.75, 3.05) is 44.3 Å². The Labute approximate surface area is 218 Å². The molecule has 5 nitrogen and oxygen atoms in total. The van der Waals surface area contributed by atoms with Crippen molar-refractivity contribution in [3.8, 4) is 0 Å². The van der Waals surface area contributed by atoms with Gasteiger partial charge in [0.05, 0.1) is 30.7 Å². The summed E-state index contributed by atoms with van der Waals surface area (Å²) < 4.78 is 5.60. The minimum absolute atomic E-state index is 0.558. The van der Waals surface area contributed by atoms with Gasteiger partial charge in [-0.2, -0.15) is 10.2 Å². The fraction of sp³-hybridized carbons (Fsp3) is 0.357. The van der Waals surface area contributed by atoms with E-state index in [1.165, 1.54) is 28.1 Å². The lowest BCUT2D eigenvalue weighted by atomic mass is 10.1. The Hall–Kier alpha value is -2.60. The van der Waals surface area contributed by atoms with Crippen molar-refractivity contribution in [1.29, 1.82) is 0 Å². The highest BCUT2D eigenvalue weighted by Crippen LogP contribution is 2.35. The van der Waals surface area contributed by atoms with Gasteiger partial charge in [0.25, 0.3) is 0 Å². The Bertz CT molecular complexity index is 1130. The Morgan fingerprint density at radius 2 is 1.66 bits per heavy atom. The molecule has 0 atom stereocenters. The third-order valence-electron chi connectivity index (χ3n) is 6.40. The van der Waals surface area contributed by atoms with Crippen molar-refractivity contribution in [3.05, 3.63) is 80.5 Å². The maximum atomic E-state index is 6.23. The Morgan fingerprint density at radius 3 is 2.34 bits per heavy atom. The molecule has 0 bridgehead atoms. The molecule has 1 heterocycles. The maximum absolute atomic E-state index is 6.23. The van der Waals surface area contributed by atoms with Crippen LogP contribution in [0.3, 0.4) is 0 Å². The molecule has 184 valence electrons. The number of hydrogen-bond donors (Lipinski definition) is 0. The number of ether oxygens (including phenoxy) is 1. The molecule has 1 saturated heterocycles. The molecule has 1 aliphatic heterocycles. The van der Waals surface area contributed by atoms with Crippen LogP contribution in [0.5, 0.6) is 0 Å². The van der Waals surface area contributed by atoms with E-state index in [-0.39, 0.29) is 0 Å². The second-order valence-corrected chi connectivity index (χ2v) is 9.41. The van der Waals surface area contributed by atoms with Crippen molar-refractivity contribution in [3.63, 3.8) is 0 Å². The summed E-state index contributed by atoms with van der Waals surface area (Å²) >= 11 is 12.2. The van der Waals surface area contributed by atoms with Gasteiger partial charge in [0.2, 0.25) is 0 Å². The second-order valence-electron chi connectivity index (χ2n) is 8.56. The number of hydrogen-bond acceptors (Lipinski definition) is 5. The zero-order valence-electron chi connectivity index (χ0n) is 20.4. The molecule has 2 aromatic carbocycles. The van der Waals surface area contributed by atoms with Gasteiger partial charge in [-0.3, -0.25) is 0 Å². The van der Waals surface area contributed by atoms with Crippen molar-refractivity contribution >= 4 is 47.4 Å². The van der Waals surface area contributed by atoms with Crippen LogP contribution in [-0.4, -0.2) is 56.7 Å². The van der Waals surface area contributed by atoms with E-state index >= 15 is 0 Å². The lowest BCUT2D eigenvalue weighted by Gasteiger charge is -2.31.